The van der Waals surface area contributed by atoms with Gasteiger partial charge in [0.05, 0.1) is 11.8 Å². The second-order valence-corrected chi connectivity index (χ2v) is 6.53. The van der Waals surface area contributed by atoms with Gasteiger partial charge in [-0.25, -0.2) is 0 Å². The zero-order valence-electron chi connectivity index (χ0n) is 13.3. The van der Waals surface area contributed by atoms with E-state index in [1.807, 2.05) is 20.3 Å². The number of nitrogens with one attached hydrogen (secondary N) is 1. The highest BCUT2D eigenvalue weighted by molar-refractivity contribution is 5.99. The second kappa shape index (κ2) is 5.71. The maximum atomic E-state index is 12.4. The SMILES string of the molecule is Cn1cc(-c2nn(C)cc2C(=O)NCCC(C)(C)C)cn1. The quantitative estimate of drug-likeness (QED) is 0.936. The van der Waals surface area contributed by atoms with E-state index in [-0.39, 0.29) is 11.3 Å². The molecule has 0 saturated carbocycles. The summed E-state index contributed by atoms with van der Waals surface area (Å²) in [5.41, 5.74) is 2.30. The van der Waals surface area contributed by atoms with Crippen molar-refractivity contribution in [2.75, 3.05) is 6.54 Å². The number of aromatic nitrogens is 4. The Morgan fingerprint density at radius 3 is 2.52 bits per heavy atom. The van der Waals surface area contributed by atoms with Crippen LogP contribution in [0.15, 0.2) is 18.6 Å². The van der Waals surface area contributed by atoms with Crippen molar-refractivity contribution in [2.45, 2.75) is 27.2 Å². The van der Waals surface area contributed by atoms with E-state index >= 15 is 0 Å². The number of carbonyl (C=O) groups is 1. The van der Waals surface area contributed by atoms with Crippen LogP contribution in [-0.2, 0) is 14.1 Å². The standard InChI is InChI=1S/C15H23N5O/c1-15(2,3)6-7-16-14(21)12-10-20(5)18-13(12)11-8-17-19(4)9-11/h8-10H,6-7H2,1-5H3,(H,16,21). The molecule has 0 aliphatic rings. The largest absolute Gasteiger partial charge is 0.352 e. The average molecular weight is 289 g/mol. The van der Waals surface area contributed by atoms with Crippen molar-refractivity contribution in [1.82, 2.24) is 24.9 Å². The molecule has 0 aromatic carbocycles. The van der Waals surface area contributed by atoms with Crippen LogP contribution in [0.5, 0.6) is 0 Å². The molecule has 2 heterocycles. The molecule has 114 valence electrons. The van der Waals surface area contributed by atoms with Gasteiger partial charge in [0.2, 0.25) is 0 Å². The van der Waals surface area contributed by atoms with E-state index in [1.54, 1.807) is 21.8 Å². The molecule has 0 unspecified atom stereocenters. The van der Waals surface area contributed by atoms with E-state index < -0.39 is 0 Å². The molecule has 2 aromatic heterocycles. The Hall–Kier alpha value is -2.11. The Morgan fingerprint density at radius 1 is 1.24 bits per heavy atom. The lowest BCUT2D eigenvalue weighted by Gasteiger charge is -2.17. The first kappa shape index (κ1) is 15.3. The number of hydrogen-bond donors (Lipinski definition) is 1. The lowest BCUT2D eigenvalue weighted by molar-refractivity contribution is 0.0950. The van der Waals surface area contributed by atoms with Crippen LogP contribution in [0.25, 0.3) is 11.3 Å². The van der Waals surface area contributed by atoms with Crippen molar-refractivity contribution in [3.8, 4) is 11.3 Å². The summed E-state index contributed by atoms with van der Waals surface area (Å²) in [7, 11) is 3.65. The summed E-state index contributed by atoms with van der Waals surface area (Å²) >= 11 is 0. The Balaban J connectivity index is 2.14. The van der Waals surface area contributed by atoms with Crippen LogP contribution in [0.3, 0.4) is 0 Å². The number of rotatable bonds is 4. The van der Waals surface area contributed by atoms with Crippen molar-refractivity contribution in [3.63, 3.8) is 0 Å². The lowest BCUT2D eigenvalue weighted by Crippen LogP contribution is -2.27. The third-order valence-electron chi connectivity index (χ3n) is 3.21. The molecule has 21 heavy (non-hydrogen) atoms. The van der Waals surface area contributed by atoms with Crippen molar-refractivity contribution in [2.24, 2.45) is 19.5 Å². The molecule has 0 radical (unpaired) electrons. The fraction of sp³-hybridized carbons (Fsp3) is 0.533. The molecular formula is C15H23N5O. The first-order valence-electron chi connectivity index (χ1n) is 7.07. The lowest BCUT2D eigenvalue weighted by atomic mass is 9.92. The number of aryl methyl sites for hydroxylation is 2. The summed E-state index contributed by atoms with van der Waals surface area (Å²) in [4.78, 5) is 12.4. The van der Waals surface area contributed by atoms with Crippen molar-refractivity contribution in [1.29, 1.82) is 0 Å². The molecule has 0 bridgehead atoms. The van der Waals surface area contributed by atoms with Crippen LogP contribution < -0.4 is 5.32 Å². The van der Waals surface area contributed by atoms with E-state index in [0.717, 1.165) is 12.0 Å². The minimum absolute atomic E-state index is 0.0915. The van der Waals surface area contributed by atoms with Gasteiger partial charge in [0.15, 0.2) is 0 Å². The molecule has 0 spiro atoms. The van der Waals surface area contributed by atoms with E-state index in [1.165, 1.54) is 0 Å². The molecule has 0 fully saturated rings. The second-order valence-electron chi connectivity index (χ2n) is 6.53. The van der Waals surface area contributed by atoms with Gasteiger partial charge in [0, 0.05) is 38.6 Å². The van der Waals surface area contributed by atoms with Gasteiger partial charge < -0.3 is 5.32 Å². The van der Waals surface area contributed by atoms with Crippen LogP contribution in [0, 0.1) is 5.41 Å². The number of amides is 1. The normalized spacial score (nSPS) is 11.7. The molecule has 2 aromatic rings. The van der Waals surface area contributed by atoms with Crippen LogP contribution >= 0.6 is 0 Å². The number of nitrogens with zero attached hydrogens (tertiary/aromatic N) is 4. The van der Waals surface area contributed by atoms with E-state index in [9.17, 15) is 4.79 Å². The molecule has 0 aliphatic carbocycles. The Morgan fingerprint density at radius 2 is 1.95 bits per heavy atom. The maximum Gasteiger partial charge on any atom is 0.255 e. The van der Waals surface area contributed by atoms with Crippen molar-refractivity contribution < 1.29 is 4.79 Å². The highest BCUT2D eigenvalue weighted by Gasteiger charge is 2.18. The molecule has 1 N–H and O–H groups in total. The molecule has 6 heteroatoms. The Kier molecular flexibility index (Phi) is 4.16. The van der Waals surface area contributed by atoms with E-state index in [0.29, 0.717) is 17.8 Å². The van der Waals surface area contributed by atoms with Crippen LogP contribution in [0.2, 0.25) is 0 Å². The Bertz CT molecular complexity index is 633. The minimum Gasteiger partial charge on any atom is -0.352 e. The molecule has 6 nitrogen and oxygen atoms in total. The summed E-state index contributed by atoms with van der Waals surface area (Å²) in [6, 6.07) is 0. The predicted octanol–water partition coefficient (Wildman–Crippen LogP) is 1.99. The van der Waals surface area contributed by atoms with Crippen LogP contribution in [0.1, 0.15) is 37.6 Å². The molecule has 1 amide bonds. The van der Waals surface area contributed by atoms with Gasteiger partial charge in [-0.3, -0.25) is 14.2 Å². The predicted molar refractivity (Wildman–Crippen MR) is 81.8 cm³/mol. The summed E-state index contributed by atoms with van der Waals surface area (Å²) in [6.07, 6.45) is 6.25. The fourth-order valence-electron chi connectivity index (χ4n) is 2.06. The highest BCUT2D eigenvalue weighted by Crippen LogP contribution is 2.21. The first-order valence-corrected chi connectivity index (χ1v) is 7.07. The minimum atomic E-state index is -0.0915. The summed E-state index contributed by atoms with van der Waals surface area (Å²) in [5, 5.41) is 11.5. The summed E-state index contributed by atoms with van der Waals surface area (Å²) in [5.74, 6) is -0.0915. The molecule has 2 rings (SSSR count). The van der Waals surface area contributed by atoms with E-state index in [4.69, 9.17) is 0 Å². The van der Waals surface area contributed by atoms with Gasteiger partial charge in [-0.05, 0) is 11.8 Å². The number of hydrogen-bond acceptors (Lipinski definition) is 3. The third kappa shape index (κ3) is 3.93. The molecular weight excluding hydrogens is 266 g/mol. The van der Waals surface area contributed by atoms with Gasteiger partial charge in [-0.15, -0.1) is 0 Å². The average Bonchev–Trinajstić information content (AvgIpc) is 2.93. The van der Waals surface area contributed by atoms with Crippen molar-refractivity contribution in [3.05, 3.63) is 24.2 Å². The Labute approximate surface area is 125 Å². The molecule has 0 atom stereocenters. The van der Waals surface area contributed by atoms with Crippen LogP contribution in [-0.4, -0.2) is 32.0 Å². The van der Waals surface area contributed by atoms with Gasteiger partial charge in [-0.1, -0.05) is 20.8 Å². The smallest absolute Gasteiger partial charge is 0.255 e. The summed E-state index contributed by atoms with van der Waals surface area (Å²) in [6.45, 7) is 7.13. The first-order chi connectivity index (χ1) is 9.76. The van der Waals surface area contributed by atoms with Gasteiger partial charge >= 0.3 is 0 Å². The van der Waals surface area contributed by atoms with Gasteiger partial charge in [0.1, 0.15) is 5.69 Å². The molecule has 0 saturated heterocycles. The van der Waals surface area contributed by atoms with Gasteiger partial charge in [-0.2, -0.15) is 10.2 Å². The van der Waals surface area contributed by atoms with E-state index in [2.05, 4.69) is 36.3 Å². The van der Waals surface area contributed by atoms with Crippen molar-refractivity contribution >= 4 is 5.91 Å². The number of carbonyl (C=O) groups excluding carboxylic acids is 1. The van der Waals surface area contributed by atoms with Gasteiger partial charge in [0.25, 0.3) is 5.91 Å². The highest BCUT2D eigenvalue weighted by atomic mass is 16.1. The zero-order chi connectivity index (χ0) is 15.6. The monoisotopic (exact) mass is 289 g/mol. The third-order valence-corrected chi connectivity index (χ3v) is 3.21. The topological polar surface area (TPSA) is 64.7 Å². The molecule has 0 aliphatic heterocycles. The van der Waals surface area contributed by atoms with Crippen LogP contribution in [0.4, 0.5) is 0 Å². The maximum absolute atomic E-state index is 12.4. The summed E-state index contributed by atoms with van der Waals surface area (Å²) < 4.78 is 3.35. The zero-order valence-corrected chi connectivity index (χ0v) is 13.3. The fourth-order valence-corrected chi connectivity index (χ4v) is 2.06.